The Labute approximate surface area is 143 Å². The molecular weight excluding hydrogens is 336 g/mol. The number of hydrogen-bond acceptors (Lipinski definition) is 3. The summed E-state index contributed by atoms with van der Waals surface area (Å²) < 4.78 is 35.8. The monoisotopic (exact) mass is 358 g/mol. The third-order valence-corrected chi connectivity index (χ3v) is 6.53. The zero-order valence-corrected chi connectivity index (χ0v) is 15.0. The van der Waals surface area contributed by atoms with Gasteiger partial charge in [-0.2, -0.15) is 17.4 Å². The number of nitrogens with zero attached hydrogens (tertiary/aromatic N) is 1. The maximum atomic E-state index is 12.9. The van der Waals surface area contributed by atoms with E-state index in [9.17, 15) is 8.42 Å². The quantitative estimate of drug-likeness (QED) is 0.900. The summed E-state index contributed by atoms with van der Waals surface area (Å²) in [6.07, 6.45) is 2.44. The molecule has 23 heavy (non-hydrogen) atoms. The van der Waals surface area contributed by atoms with Crippen LogP contribution in [0.3, 0.4) is 0 Å². The van der Waals surface area contributed by atoms with Crippen LogP contribution < -0.4 is 4.72 Å². The molecule has 0 spiro atoms. The van der Waals surface area contributed by atoms with Crippen molar-refractivity contribution in [3.8, 4) is 0 Å². The van der Waals surface area contributed by atoms with Crippen molar-refractivity contribution >= 4 is 21.8 Å². The first kappa shape index (κ1) is 17.2. The second-order valence-electron chi connectivity index (χ2n) is 6.62. The number of morpholine rings is 1. The number of ether oxygens (including phenoxy) is 1. The Kier molecular flexibility index (Phi) is 4.73. The minimum Gasteiger partial charge on any atom is -0.373 e. The van der Waals surface area contributed by atoms with Crippen LogP contribution in [0.2, 0.25) is 5.02 Å². The fourth-order valence-electron chi connectivity index (χ4n) is 3.39. The Balaban J connectivity index is 1.82. The second kappa shape index (κ2) is 6.33. The van der Waals surface area contributed by atoms with E-state index in [2.05, 4.69) is 4.72 Å². The lowest BCUT2D eigenvalue weighted by molar-refractivity contribution is -0.0448. The smallest absolute Gasteiger partial charge is 0.280 e. The number of benzene rings is 1. The molecule has 2 atom stereocenters. The van der Waals surface area contributed by atoms with E-state index in [0.717, 1.165) is 24.8 Å². The minimum absolute atomic E-state index is 0.0943. The summed E-state index contributed by atoms with van der Waals surface area (Å²) in [5.41, 5.74) is 0.472. The molecule has 0 aromatic heterocycles. The van der Waals surface area contributed by atoms with Gasteiger partial charge in [-0.1, -0.05) is 23.7 Å². The zero-order valence-electron chi connectivity index (χ0n) is 13.5. The van der Waals surface area contributed by atoms with Gasteiger partial charge in [0.25, 0.3) is 10.2 Å². The van der Waals surface area contributed by atoms with E-state index in [1.165, 1.54) is 4.31 Å². The van der Waals surface area contributed by atoms with Gasteiger partial charge in [-0.05, 0) is 50.8 Å². The van der Waals surface area contributed by atoms with Crippen LogP contribution in [0.15, 0.2) is 24.3 Å². The maximum absolute atomic E-state index is 12.9. The average molecular weight is 359 g/mol. The van der Waals surface area contributed by atoms with Gasteiger partial charge >= 0.3 is 0 Å². The van der Waals surface area contributed by atoms with Crippen molar-refractivity contribution in [3.63, 3.8) is 0 Å². The summed E-state index contributed by atoms with van der Waals surface area (Å²) in [6.45, 7) is 4.57. The van der Waals surface area contributed by atoms with Gasteiger partial charge in [0.2, 0.25) is 0 Å². The molecule has 1 saturated heterocycles. The minimum atomic E-state index is -3.56. The van der Waals surface area contributed by atoms with Gasteiger partial charge in [0.15, 0.2) is 0 Å². The number of nitrogens with one attached hydrogen (secondary N) is 1. The molecule has 2 aliphatic rings. The van der Waals surface area contributed by atoms with Crippen LogP contribution in [0.1, 0.15) is 38.7 Å². The molecule has 1 aliphatic heterocycles. The SMILES string of the molecule is C[C@@H]1CN(S(=O)(=O)NC2(c3ccc(Cl)cc3)CCC2)C[C@@H](C)O1. The van der Waals surface area contributed by atoms with Crippen LogP contribution in [0.4, 0.5) is 0 Å². The van der Waals surface area contributed by atoms with Crippen molar-refractivity contribution in [2.45, 2.75) is 50.9 Å². The van der Waals surface area contributed by atoms with Gasteiger partial charge in [-0.25, -0.2) is 0 Å². The standard InChI is InChI=1S/C16H23ClN2O3S/c1-12-10-19(11-13(2)22-12)23(20,21)18-16(8-3-9-16)14-4-6-15(17)7-5-14/h4-7,12-13,18H,3,8-11H2,1-2H3/t12-,13-/m1/s1. The van der Waals surface area contributed by atoms with E-state index in [-0.39, 0.29) is 12.2 Å². The third-order valence-electron chi connectivity index (χ3n) is 4.65. The van der Waals surface area contributed by atoms with Crippen LogP contribution in [0.5, 0.6) is 0 Å². The summed E-state index contributed by atoms with van der Waals surface area (Å²) in [5.74, 6) is 0. The fraction of sp³-hybridized carbons (Fsp3) is 0.625. The molecule has 1 heterocycles. The summed E-state index contributed by atoms with van der Waals surface area (Å²) in [5, 5.41) is 0.655. The number of halogens is 1. The average Bonchev–Trinajstić information content (AvgIpc) is 2.43. The van der Waals surface area contributed by atoms with E-state index in [1.807, 2.05) is 38.1 Å². The van der Waals surface area contributed by atoms with Crippen molar-refractivity contribution in [1.82, 2.24) is 9.03 Å². The van der Waals surface area contributed by atoms with E-state index in [1.54, 1.807) is 0 Å². The van der Waals surface area contributed by atoms with Crippen LogP contribution in [-0.4, -0.2) is 38.0 Å². The van der Waals surface area contributed by atoms with Crippen molar-refractivity contribution in [2.24, 2.45) is 0 Å². The van der Waals surface area contributed by atoms with Crippen LogP contribution >= 0.6 is 11.6 Å². The molecule has 1 N–H and O–H groups in total. The molecule has 1 saturated carbocycles. The molecule has 7 heteroatoms. The van der Waals surface area contributed by atoms with Crippen molar-refractivity contribution in [2.75, 3.05) is 13.1 Å². The highest BCUT2D eigenvalue weighted by Crippen LogP contribution is 2.42. The molecule has 128 valence electrons. The highest BCUT2D eigenvalue weighted by molar-refractivity contribution is 7.87. The molecule has 2 fully saturated rings. The van der Waals surface area contributed by atoms with Crippen molar-refractivity contribution in [1.29, 1.82) is 0 Å². The highest BCUT2D eigenvalue weighted by Gasteiger charge is 2.44. The predicted octanol–water partition coefficient (Wildman–Crippen LogP) is 2.66. The lowest BCUT2D eigenvalue weighted by Crippen LogP contribution is -2.58. The number of rotatable bonds is 4. The topological polar surface area (TPSA) is 58.6 Å². The number of hydrogen-bond donors (Lipinski definition) is 1. The van der Waals surface area contributed by atoms with Crippen LogP contribution in [0.25, 0.3) is 0 Å². The summed E-state index contributed by atoms with van der Waals surface area (Å²) in [6, 6.07) is 7.44. The van der Waals surface area contributed by atoms with Crippen molar-refractivity contribution in [3.05, 3.63) is 34.9 Å². The first-order valence-corrected chi connectivity index (χ1v) is 9.83. The van der Waals surface area contributed by atoms with Gasteiger partial charge in [0.05, 0.1) is 17.7 Å². The first-order valence-electron chi connectivity index (χ1n) is 8.01. The normalized spacial score (nSPS) is 28.3. The van der Waals surface area contributed by atoms with Gasteiger partial charge < -0.3 is 4.74 Å². The van der Waals surface area contributed by atoms with Crippen LogP contribution in [-0.2, 0) is 20.5 Å². The van der Waals surface area contributed by atoms with Crippen LogP contribution in [0, 0.1) is 0 Å². The molecule has 0 amide bonds. The Bertz CT molecular complexity index is 648. The molecule has 5 nitrogen and oxygen atoms in total. The second-order valence-corrected chi connectivity index (χ2v) is 8.73. The fourth-order valence-corrected chi connectivity index (χ4v) is 5.27. The summed E-state index contributed by atoms with van der Waals surface area (Å²) in [7, 11) is -3.56. The molecule has 1 aromatic rings. The lowest BCUT2D eigenvalue weighted by Gasteiger charge is -2.45. The largest absolute Gasteiger partial charge is 0.373 e. The van der Waals surface area contributed by atoms with Crippen molar-refractivity contribution < 1.29 is 13.2 Å². The Morgan fingerprint density at radius 2 is 1.74 bits per heavy atom. The molecule has 0 radical (unpaired) electrons. The Hall–Kier alpha value is -0.660. The molecular formula is C16H23ClN2O3S. The molecule has 1 aromatic carbocycles. The molecule has 1 aliphatic carbocycles. The Morgan fingerprint density at radius 1 is 1.17 bits per heavy atom. The third kappa shape index (κ3) is 3.56. The highest BCUT2D eigenvalue weighted by atomic mass is 35.5. The maximum Gasteiger partial charge on any atom is 0.280 e. The molecule has 0 bridgehead atoms. The lowest BCUT2D eigenvalue weighted by atomic mass is 9.73. The van der Waals surface area contributed by atoms with Gasteiger partial charge in [-0.15, -0.1) is 0 Å². The first-order chi connectivity index (χ1) is 10.8. The summed E-state index contributed by atoms with van der Waals surface area (Å²) >= 11 is 5.95. The molecule has 3 rings (SSSR count). The summed E-state index contributed by atoms with van der Waals surface area (Å²) in [4.78, 5) is 0. The predicted molar refractivity (Wildman–Crippen MR) is 90.6 cm³/mol. The Morgan fingerprint density at radius 3 is 2.22 bits per heavy atom. The van der Waals surface area contributed by atoms with E-state index in [0.29, 0.717) is 18.1 Å². The van der Waals surface area contributed by atoms with E-state index < -0.39 is 15.7 Å². The molecule has 0 unspecified atom stereocenters. The van der Waals surface area contributed by atoms with E-state index >= 15 is 0 Å². The van der Waals surface area contributed by atoms with E-state index in [4.69, 9.17) is 16.3 Å². The zero-order chi connectivity index (χ0) is 16.7. The van der Waals surface area contributed by atoms with Gasteiger partial charge in [-0.3, -0.25) is 0 Å². The van der Waals surface area contributed by atoms with Gasteiger partial charge in [0, 0.05) is 18.1 Å². The van der Waals surface area contributed by atoms with Gasteiger partial charge in [0.1, 0.15) is 0 Å².